The van der Waals surface area contributed by atoms with Crippen molar-refractivity contribution < 1.29 is 14.4 Å². The van der Waals surface area contributed by atoms with Crippen LogP contribution in [0.3, 0.4) is 0 Å². The molecule has 1 aromatic rings. The minimum Gasteiger partial charge on any atom is -0.334 e. The Morgan fingerprint density at radius 3 is 1.92 bits per heavy atom. The van der Waals surface area contributed by atoms with Gasteiger partial charge in [0.25, 0.3) is 5.91 Å². The molecule has 5 heteroatoms. The highest BCUT2D eigenvalue weighted by Crippen LogP contribution is 2.37. The van der Waals surface area contributed by atoms with Gasteiger partial charge in [-0.1, -0.05) is 29.8 Å². The maximum atomic E-state index is 12.9. The fraction of sp³-hybridized carbons (Fsp3) is 0.476. The van der Waals surface area contributed by atoms with Gasteiger partial charge in [0, 0.05) is 18.7 Å². The molecule has 1 aromatic carbocycles. The lowest BCUT2D eigenvalue weighted by Crippen LogP contribution is -2.62. The van der Waals surface area contributed by atoms with Crippen LogP contribution in [0.15, 0.2) is 24.3 Å². The second-order valence-corrected chi connectivity index (χ2v) is 7.84. The van der Waals surface area contributed by atoms with Gasteiger partial charge in [-0.25, -0.2) is 0 Å². The van der Waals surface area contributed by atoms with Gasteiger partial charge in [0.2, 0.25) is 11.8 Å². The van der Waals surface area contributed by atoms with Gasteiger partial charge < -0.3 is 4.90 Å². The maximum Gasteiger partial charge on any atom is 0.254 e. The molecule has 0 spiro atoms. The first-order valence-electron chi connectivity index (χ1n) is 9.27. The van der Waals surface area contributed by atoms with Crippen molar-refractivity contribution in [1.82, 2.24) is 9.80 Å². The Morgan fingerprint density at radius 2 is 1.42 bits per heavy atom. The number of imide groups is 1. The van der Waals surface area contributed by atoms with Crippen LogP contribution >= 0.6 is 0 Å². The highest BCUT2D eigenvalue weighted by molar-refractivity contribution is 6.06. The third-order valence-electron chi connectivity index (χ3n) is 5.95. The zero-order chi connectivity index (χ0) is 18.6. The molecule has 0 saturated carbocycles. The minimum atomic E-state index is -0.196. The lowest BCUT2D eigenvalue weighted by molar-refractivity contribution is -0.145. The van der Waals surface area contributed by atoms with Crippen molar-refractivity contribution in [3.8, 4) is 0 Å². The SMILES string of the molecule is Cc1cc(C)c(C(=O)N2CC(N3C(=O)C4CC=CCC4C3=O)C2)c(C)c1. The van der Waals surface area contributed by atoms with Crippen LogP contribution in [0.2, 0.25) is 0 Å². The molecule has 2 fully saturated rings. The van der Waals surface area contributed by atoms with Crippen LogP contribution < -0.4 is 0 Å². The van der Waals surface area contributed by atoms with Gasteiger partial charge in [0.15, 0.2) is 0 Å². The van der Waals surface area contributed by atoms with Gasteiger partial charge in [-0.05, 0) is 44.7 Å². The van der Waals surface area contributed by atoms with Crippen LogP contribution in [0.5, 0.6) is 0 Å². The quantitative estimate of drug-likeness (QED) is 0.607. The van der Waals surface area contributed by atoms with Gasteiger partial charge >= 0.3 is 0 Å². The Balaban J connectivity index is 1.47. The summed E-state index contributed by atoms with van der Waals surface area (Å²) >= 11 is 0. The standard InChI is InChI=1S/C21H24N2O3/c1-12-8-13(2)18(14(3)9-12)21(26)22-10-15(11-22)23-19(24)16-6-4-5-7-17(16)20(23)25/h4-5,8-9,15-17H,6-7,10-11H2,1-3H3. The number of carbonyl (C=O) groups is 3. The highest BCUT2D eigenvalue weighted by atomic mass is 16.2. The van der Waals surface area contributed by atoms with E-state index in [9.17, 15) is 14.4 Å². The Hall–Kier alpha value is -2.43. The summed E-state index contributed by atoms with van der Waals surface area (Å²) in [6, 6.07) is 3.86. The van der Waals surface area contributed by atoms with Gasteiger partial charge in [0.05, 0.1) is 17.9 Å². The number of likely N-dealkylation sites (tertiary alicyclic amines) is 2. The summed E-state index contributed by atoms with van der Waals surface area (Å²) < 4.78 is 0. The van der Waals surface area contributed by atoms with E-state index in [1.54, 1.807) is 4.90 Å². The topological polar surface area (TPSA) is 57.7 Å². The smallest absolute Gasteiger partial charge is 0.254 e. The van der Waals surface area contributed by atoms with E-state index in [2.05, 4.69) is 0 Å². The molecule has 2 heterocycles. The average Bonchev–Trinajstić information content (AvgIpc) is 2.78. The number of rotatable bonds is 2. The molecular weight excluding hydrogens is 328 g/mol. The number of fused-ring (bicyclic) bond motifs is 1. The molecule has 3 amide bonds. The molecule has 2 aliphatic heterocycles. The van der Waals surface area contributed by atoms with Gasteiger partial charge in [-0.3, -0.25) is 19.3 Å². The van der Waals surface area contributed by atoms with Crippen LogP contribution in [-0.2, 0) is 9.59 Å². The lowest BCUT2D eigenvalue weighted by Gasteiger charge is -2.43. The van der Waals surface area contributed by atoms with E-state index in [1.165, 1.54) is 4.90 Å². The molecule has 4 rings (SSSR count). The lowest BCUT2D eigenvalue weighted by atomic mass is 9.85. The Kier molecular flexibility index (Phi) is 3.98. The molecule has 2 atom stereocenters. The normalized spacial score (nSPS) is 25.5. The summed E-state index contributed by atoms with van der Waals surface area (Å²) in [4.78, 5) is 41.4. The van der Waals surface area contributed by atoms with Crippen molar-refractivity contribution >= 4 is 17.7 Å². The number of carbonyl (C=O) groups excluding carboxylic acids is 3. The van der Waals surface area contributed by atoms with E-state index in [-0.39, 0.29) is 35.6 Å². The fourth-order valence-electron chi connectivity index (χ4n) is 4.65. The third kappa shape index (κ3) is 2.49. The molecule has 2 unspecified atom stereocenters. The van der Waals surface area contributed by atoms with Crippen LogP contribution in [0, 0.1) is 32.6 Å². The van der Waals surface area contributed by atoms with Crippen LogP contribution in [0.4, 0.5) is 0 Å². The van der Waals surface area contributed by atoms with Gasteiger partial charge in [0.1, 0.15) is 0 Å². The molecule has 0 radical (unpaired) electrons. The average molecular weight is 352 g/mol. The maximum absolute atomic E-state index is 12.9. The molecule has 26 heavy (non-hydrogen) atoms. The predicted molar refractivity (Wildman–Crippen MR) is 97.6 cm³/mol. The zero-order valence-electron chi connectivity index (χ0n) is 15.5. The van der Waals surface area contributed by atoms with Crippen molar-refractivity contribution in [3.63, 3.8) is 0 Å². The summed E-state index contributed by atoms with van der Waals surface area (Å²) in [7, 11) is 0. The summed E-state index contributed by atoms with van der Waals surface area (Å²) in [5, 5.41) is 0. The molecule has 3 aliphatic rings. The van der Waals surface area contributed by atoms with Crippen LogP contribution in [-0.4, -0.2) is 46.7 Å². The summed E-state index contributed by atoms with van der Waals surface area (Å²) in [5.41, 5.74) is 3.83. The van der Waals surface area contributed by atoms with E-state index >= 15 is 0 Å². The molecular formula is C21H24N2O3. The molecule has 5 nitrogen and oxygen atoms in total. The van der Waals surface area contributed by atoms with E-state index in [4.69, 9.17) is 0 Å². The fourth-order valence-corrected chi connectivity index (χ4v) is 4.65. The van der Waals surface area contributed by atoms with Crippen LogP contribution in [0.1, 0.15) is 39.9 Å². The summed E-state index contributed by atoms with van der Waals surface area (Å²) in [6.07, 6.45) is 5.30. The number of hydrogen-bond acceptors (Lipinski definition) is 3. The first-order valence-corrected chi connectivity index (χ1v) is 9.27. The van der Waals surface area contributed by atoms with Crippen molar-refractivity contribution in [2.24, 2.45) is 11.8 Å². The number of aryl methyl sites for hydroxylation is 3. The molecule has 0 N–H and O–H groups in total. The van der Waals surface area contributed by atoms with Crippen molar-refractivity contribution in [1.29, 1.82) is 0 Å². The van der Waals surface area contributed by atoms with Crippen LogP contribution in [0.25, 0.3) is 0 Å². The first kappa shape index (κ1) is 17.0. The predicted octanol–water partition coefficient (Wildman–Crippen LogP) is 2.39. The van der Waals surface area contributed by atoms with E-state index in [0.29, 0.717) is 25.9 Å². The van der Waals surface area contributed by atoms with E-state index < -0.39 is 0 Å². The first-order chi connectivity index (χ1) is 12.4. The number of nitrogens with zero attached hydrogens (tertiary/aromatic N) is 2. The Morgan fingerprint density at radius 1 is 0.923 bits per heavy atom. The number of allylic oxidation sites excluding steroid dienone is 2. The van der Waals surface area contributed by atoms with Crippen molar-refractivity contribution in [2.75, 3.05) is 13.1 Å². The highest BCUT2D eigenvalue weighted by Gasteiger charge is 2.52. The number of amides is 3. The summed E-state index contributed by atoms with van der Waals surface area (Å²) in [5.74, 6) is -0.500. The van der Waals surface area contributed by atoms with E-state index in [0.717, 1.165) is 22.3 Å². The second kappa shape index (κ2) is 6.08. The van der Waals surface area contributed by atoms with Gasteiger partial charge in [-0.2, -0.15) is 0 Å². The number of hydrogen-bond donors (Lipinski definition) is 0. The largest absolute Gasteiger partial charge is 0.334 e. The molecule has 1 aliphatic carbocycles. The summed E-state index contributed by atoms with van der Waals surface area (Å²) in [6.45, 7) is 6.81. The minimum absolute atomic E-state index is 0.00516. The molecule has 0 aromatic heterocycles. The van der Waals surface area contributed by atoms with E-state index in [1.807, 2.05) is 45.1 Å². The van der Waals surface area contributed by atoms with Gasteiger partial charge in [-0.15, -0.1) is 0 Å². The van der Waals surface area contributed by atoms with Crippen molar-refractivity contribution in [3.05, 3.63) is 46.5 Å². The molecule has 2 saturated heterocycles. The third-order valence-corrected chi connectivity index (χ3v) is 5.95. The van der Waals surface area contributed by atoms with Crippen molar-refractivity contribution in [2.45, 2.75) is 39.7 Å². The Labute approximate surface area is 153 Å². The molecule has 0 bridgehead atoms. The zero-order valence-corrected chi connectivity index (χ0v) is 15.5. The molecule has 136 valence electrons. The monoisotopic (exact) mass is 352 g/mol. The Bertz CT molecular complexity index is 787. The number of benzene rings is 1. The second-order valence-electron chi connectivity index (χ2n) is 7.84.